The third-order valence-electron chi connectivity index (χ3n) is 3.06. The summed E-state index contributed by atoms with van der Waals surface area (Å²) in [7, 11) is 0. The molecule has 0 bridgehead atoms. The van der Waals surface area contributed by atoms with Gasteiger partial charge in [0.1, 0.15) is 12.5 Å². The molecule has 1 saturated carbocycles. The standard InChI is InChI=1S/C13H17NO6S/c15-13(16)10-3-4-11(6-14-8-20-21(17)18)12(5-10)19-7-9-1-2-9/h3-5,9,14H,1-2,6-8H2,(H,15,16)(H,17,18). The van der Waals surface area contributed by atoms with Gasteiger partial charge in [-0.3, -0.25) is 14.1 Å². The van der Waals surface area contributed by atoms with Crippen LogP contribution in [-0.2, 0) is 22.1 Å². The van der Waals surface area contributed by atoms with Gasteiger partial charge in [-0.25, -0.2) is 4.79 Å². The molecule has 116 valence electrons. The molecule has 0 aromatic heterocycles. The van der Waals surface area contributed by atoms with Crippen molar-refractivity contribution in [1.29, 1.82) is 0 Å². The molecular formula is C13H17NO6S. The van der Waals surface area contributed by atoms with E-state index in [0.717, 1.165) is 18.4 Å². The van der Waals surface area contributed by atoms with Crippen molar-refractivity contribution < 1.29 is 27.6 Å². The topological polar surface area (TPSA) is 105 Å². The van der Waals surface area contributed by atoms with E-state index in [4.69, 9.17) is 14.4 Å². The second-order valence-electron chi connectivity index (χ2n) is 4.79. The van der Waals surface area contributed by atoms with Crippen molar-refractivity contribution in [2.24, 2.45) is 5.92 Å². The van der Waals surface area contributed by atoms with Crippen LogP contribution in [0.25, 0.3) is 0 Å². The van der Waals surface area contributed by atoms with Gasteiger partial charge in [-0.1, -0.05) is 6.07 Å². The Bertz CT molecular complexity index is 531. The van der Waals surface area contributed by atoms with Gasteiger partial charge in [0.2, 0.25) is 0 Å². The van der Waals surface area contributed by atoms with Gasteiger partial charge in [0.25, 0.3) is 0 Å². The average Bonchev–Trinajstić information content (AvgIpc) is 3.25. The van der Waals surface area contributed by atoms with E-state index in [1.165, 1.54) is 12.1 Å². The number of hydrogen-bond donors (Lipinski definition) is 3. The van der Waals surface area contributed by atoms with E-state index in [2.05, 4.69) is 9.50 Å². The first-order valence-electron chi connectivity index (χ1n) is 6.50. The second-order valence-corrected chi connectivity index (χ2v) is 5.46. The van der Waals surface area contributed by atoms with E-state index in [-0.39, 0.29) is 12.3 Å². The molecule has 1 aliphatic carbocycles. The lowest BCUT2D eigenvalue weighted by atomic mass is 10.1. The summed E-state index contributed by atoms with van der Waals surface area (Å²) in [6.45, 7) is 0.830. The van der Waals surface area contributed by atoms with Gasteiger partial charge in [0.15, 0.2) is 0 Å². The average molecular weight is 315 g/mol. The third-order valence-corrected chi connectivity index (χ3v) is 3.38. The number of hydrogen-bond acceptors (Lipinski definition) is 5. The highest BCUT2D eigenvalue weighted by Gasteiger charge is 2.22. The molecule has 0 saturated heterocycles. The van der Waals surface area contributed by atoms with E-state index >= 15 is 0 Å². The van der Waals surface area contributed by atoms with Crippen molar-refractivity contribution in [3.63, 3.8) is 0 Å². The van der Waals surface area contributed by atoms with Crippen LogP contribution in [0.15, 0.2) is 18.2 Å². The number of aromatic carboxylic acids is 1. The fourth-order valence-electron chi connectivity index (χ4n) is 1.74. The number of nitrogens with one attached hydrogen (secondary N) is 1. The van der Waals surface area contributed by atoms with Gasteiger partial charge >= 0.3 is 17.3 Å². The maximum atomic E-state index is 11.0. The van der Waals surface area contributed by atoms with E-state index in [1.807, 2.05) is 0 Å². The minimum atomic E-state index is -2.31. The Kier molecular flexibility index (Phi) is 5.68. The number of benzene rings is 1. The van der Waals surface area contributed by atoms with Crippen LogP contribution in [0, 0.1) is 5.92 Å². The zero-order valence-corrected chi connectivity index (χ0v) is 12.1. The van der Waals surface area contributed by atoms with Crippen LogP contribution >= 0.6 is 0 Å². The van der Waals surface area contributed by atoms with Crippen LogP contribution in [0.3, 0.4) is 0 Å². The van der Waals surface area contributed by atoms with Crippen molar-refractivity contribution in [2.45, 2.75) is 19.4 Å². The Labute approximate surface area is 124 Å². The van der Waals surface area contributed by atoms with Gasteiger partial charge in [-0.05, 0) is 30.9 Å². The van der Waals surface area contributed by atoms with Crippen LogP contribution in [0.1, 0.15) is 28.8 Å². The summed E-state index contributed by atoms with van der Waals surface area (Å²) in [5.41, 5.74) is 0.935. The molecule has 8 heteroatoms. The number of carboxylic acid groups (broad SMARTS) is 1. The number of carboxylic acids is 1. The van der Waals surface area contributed by atoms with Gasteiger partial charge in [-0.2, -0.15) is 4.21 Å². The second kappa shape index (κ2) is 7.51. The first kappa shape index (κ1) is 15.9. The molecule has 0 radical (unpaired) electrons. The summed E-state index contributed by atoms with van der Waals surface area (Å²) >= 11 is -2.31. The van der Waals surface area contributed by atoms with Crippen LogP contribution in [0.5, 0.6) is 5.75 Å². The summed E-state index contributed by atoms with van der Waals surface area (Å²) in [5.74, 6) is 0.0589. The van der Waals surface area contributed by atoms with Gasteiger partial charge in [0.05, 0.1) is 12.2 Å². The van der Waals surface area contributed by atoms with Gasteiger partial charge < -0.3 is 9.84 Å². The number of carbonyl (C=O) groups is 1. The fraction of sp³-hybridized carbons (Fsp3) is 0.462. The molecule has 1 aliphatic rings. The van der Waals surface area contributed by atoms with Crippen LogP contribution in [-0.4, -0.2) is 33.2 Å². The molecule has 1 aromatic rings. The molecule has 1 unspecified atom stereocenters. The molecular weight excluding hydrogens is 298 g/mol. The van der Waals surface area contributed by atoms with E-state index in [1.54, 1.807) is 6.07 Å². The van der Waals surface area contributed by atoms with Crippen molar-refractivity contribution in [1.82, 2.24) is 5.32 Å². The van der Waals surface area contributed by atoms with Crippen molar-refractivity contribution >= 4 is 17.3 Å². The first-order valence-corrected chi connectivity index (χ1v) is 7.53. The summed E-state index contributed by atoms with van der Waals surface area (Å²) in [4.78, 5) is 11.0. The summed E-state index contributed by atoms with van der Waals surface area (Å²) in [6, 6.07) is 4.65. The minimum absolute atomic E-state index is 0.0914. The molecule has 3 N–H and O–H groups in total. The lowest BCUT2D eigenvalue weighted by Crippen LogP contribution is -2.19. The van der Waals surface area contributed by atoms with Gasteiger partial charge in [-0.15, -0.1) is 0 Å². The largest absolute Gasteiger partial charge is 0.493 e. The fourth-order valence-corrected chi connectivity index (χ4v) is 1.92. The van der Waals surface area contributed by atoms with Crippen LogP contribution in [0.4, 0.5) is 0 Å². The van der Waals surface area contributed by atoms with Crippen molar-refractivity contribution in [2.75, 3.05) is 13.3 Å². The summed E-state index contributed by atoms with van der Waals surface area (Å²) in [6.07, 6.45) is 2.28. The Morgan fingerprint density at radius 2 is 2.19 bits per heavy atom. The first-order chi connectivity index (χ1) is 10.1. The molecule has 1 atom stereocenters. The maximum Gasteiger partial charge on any atom is 0.335 e. The van der Waals surface area contributed by atoms with Crippen molar-refractivity contribution in [3.8, 4) is 5.75 Å². The van der Waals surface area contributed by atoms with E-state index < -0.39 is 17.3 Å². The predicted molar refractivity (Wildman–Crippen MR) is 75.2 cm³/mol. The molecule has 1 fully saturated rings. The smallest absolute Gasteiger partial charge is 0.335 e. The van der Waals surface area contributed by atoms with E-state index in [9.17, 15) is 9.00 Å². The van der Waals surface area contributed by atoms with Crippen LogP contribution < -0.4 is 10.1 Å². The quantitative estimate of drug-likeness (QED) is 0.359. The highest BCUT2D eigenvalue weighted by Crippen LogP contribution is 2.30. The minimum Gasteiger partial charge on any atom is -0.493 e. The zero-order chi connectivity index (χ0) is 15.2. The molecule has 0 heterocycles. The highest BCUT2D eigenvalue weighted by atomic mass is 32.2. The number of rotatable bonds is 9. The zero-order valence-electron chi connectivity index (χ0n) is 11.3. The summed E-state index contributed by atoms with van der Waals surface area (Å²) in [5, 5.41) is 11.8. The molecule has 7 nitrogen and oxygen atoms in total. The predicted octanol–water partition coefficient (Wildman–Crippen LogP) is 1.37. The Balaban J connectivity index is 1.98. The normalized spacial score (nSPS) is 15.7. The molecule has 0 aliphatic heterocycles. The molecule has 1 aromatic carbocycles. The lowest BCUT2D eigenvalue weighted by molar-refractivity contribution is 0.0696. The Morgan fingerprint density at radius 1 is 1.43 bits per heavy atom. The Morgan fingerprint density at radius 3 is 2.81 bits per heavy atom. The summed E-state index contributed by atoms with van der Waals surface area (Å²) < 4.78 is 28.9. The molecule has 0 amide bonds. The Hall–Kier alpha value is -1.48. The maximum absolute atomic E-state index is 11.0. The molecule has 21 heavy (non-hydrogen) atoms. The van der Waals surface area contributed by atoms with Crippen LogP contribution in [0.2, 0.25) is 0 Å². The number of ether oxygens (including phenoxy) is 1. The lowest BCUT2D eigenvalue weighted by Gasteiger charge is -2.12. The van der Waals surface area contributed by atoms with E-state index in [0.29, 0.717) is 24.8 Å². The molecule has 2 rings (SSSR count). The molecule has 0 spiro atoms. The SMILES string of the molecule is O=C(O)c1ccc(CNCOS(=O)O)c(OCC2CC2)c1. The highest BCUT2D eigenvalue weighted by molar-refractivity contribution is 7.74. The third kappa shape index (κ3) is 5.43. The van der Waals surface area contributed by atoms with Gasteiger partial charge in [0, 0.05) is 12.1 Å². The monoisotopic (exact) mass is 315 g/mol. The van der Waals surface area contributed by atoms with Crippen molar-refractivity contribution in [3.05, 3.63) is 29.3 Å².